The average molecular weight is 355 g/mol. The first kappa shape index (κ1) is 17.0. The van der Waals surface area contributed by atoms with Crippen LogP contribution in [0.3, 0.4) is 0 Å². The van der Waals surface area contributed by atoms with Crippen LogP contribution in [0.2, 0.25) is 0 Å². The van der Waals surface area contributed by atoms with Crippen LogP contribution in [0.25, 0.3) is 10.9 Å². The molecule has 7 heteroatoms. The first-order valence-corrected chi connectivity index (χ1v) is 8.78. The fraction of sp³-hybridized carbons (Fsp3) is 0.167. The van der Waals surface area contributed by atoms with Gasteiger partial charge in [0, 0.05) is 18.3 Å². The van der Waals surface area contributed by atoms with Gasteiger partial charge in [-0.05, 0) is 31.2 Å². The molecule has 0 saturated carbocycles. The number of para-hydroxylation sites is 1. The van der Waals surface area contributed by atoms with E-state index in [1.807, 2.05) is 13.0 Å². The third-order valence-corrected chi connectivity index (χ3v) is 4.58. The highest BCUT2D eigenvalue weighted by atomic mass is 32.2. The lowest BCUT2D eigenvalue weighted by Crippen LogP contribution is -2.23. The van der Waals surface area contributed by atoms with Crippen molar-refractivity contribution in [3.63, 3.8) is 0 Å². The van der Waals surface area contributed by atoms with Crippen molar-refractivity contribution in [3.8, 4) is 5.75 Å². The molecule has 0 fully saturated rings. The van der Waals surface area contributed by atoms with Gasteiger partial charge in [-0.3, -0.25) is 14.2 Å². The van der Waals surface area contributed by atoms with Gasteiger partial charge in [-0.25, -0.2) is 4.98 Å². The molecule has 0 radical (unpaired) electrons. The van der Waals surface area contributed by atoms with Crippen molar-refractivity contribution < 1.29 is 9.90 Å². The molecule has 2 N–H and O–H groups in total. The molecule has 25 heavy (non-hydrogen) atoms. The fourth-order valence-corrected chi connectivity index (χ4v) is 3.31. The summed E-state index contributed by atoms with van der Waals surface area (Å²) in [5, 5.41) is 13.2. The molecule has 0 unspecified atom stereocenters. The molecular formula is C18H17N3O3S. The van der Waals surface area contributed by atoms with Crippen LogP contribution in [-0.4, -0.2) is 26.3 Å². The van der Waals surface area contributed by atoms with Crippen LogP contribution in [-0.2, 0) is 11.3 Å². The van der Waals surface area contributed by atoms with E-state index in [2.05, 4.69) is 10.3 Å². The van der Waals surface area contributed by atoms with E-state index < -0.39 is 0 Å². The number of carbonyl (C=O) groups is 1. The summed E-state index contributed by atoms with van der Waals surface area (Å²) in [7, 11) is 0. The van der Waals surface area contributed by atoms with Gasteiger partial charge < -0.3 is 10.4 Å². The van der Waals surface area contributed by atoms with Gasteiger partial charge in [-0.15, -0.1) is 0 Å². The largest absolute Gasteiger partial charge is 0.508 e. The Hall–Kier alpha value is -2.80. The summed E-state index contributed by atoms with van der Waals surface area (Å²) < 4.78 is 1.56. The van der Waals surface area contributed by atoms with Gasteiger partial charge in [0.25, 0.3) is 5.56 Å². The Morgan fingerprint density at radius 2 is 2.04 bits per heavy atom. The Balaban J connectivity index is 1.78. The molecule has 0 spiro atoms. The molecule has 1 heterocycles. The Bertz CT molecular complexity index is 985. The molecule has 1 amide bonds. The third-order valence-electron chi connectivity index (χ3n) is 3.61. The maximum Gasteiger partial charge on any atom is 0.262 e. The highest BCUT2D eigenvalue weighted by Gasteiger charge is 2.12. The lowest BCUT2D eigenvalue weighted by molar-refractivity contribution is -0.113. The predicted molar refractivity (Wildman–Crippen MR) is 99.1 cm³/mol. The number of hydrogen-bond donors (Lipinski definition) is 2. The summed E-state index contributed by atoms with van der Waals surface area (Å²) in [6, 6.07) is 13.5. The van der Waals surface area contributed by atoms with Crippen LogP contribution in [0.1, 0.15) is 6.92 Å². The van der Waals surface area contributed by atoms with Crippen molar-refractivity contribution in [3.05, 3.63) is 58.9 Å². The van der Waals surface area contributed by atoms with Crippen LogP contribution in [0, 0.1) is 0 Å². The number of aromatic nitrogens is 2. The molecule has 0 aliphatic carbocycles. The molecule has 6 nitrogen and oxygen atoms in total. The summed E-state index contributed by atoms with van der Waals surface area (Å²) >= 11 is 1.21. The molecule has 3 rings (SSSR count). The predicted octanol–water partition coefficient (Wildman–Crippen LogP) is 2.85. The van der Waals surface area contributed by atoms with Crippen LogP contribution in [0.4, 0.5) is 5.69 Å². The number of phenols is 1. The van der Waals surface area contributed by atoms with Crippen LogP contribution in [0.15, 0.2) is 58.5 Å². The zero-order chi connectivity index (χ0) is 17.8. The van der Waals surface area contributed by atoms with Crippen LogP contribution < -0.4 is 10.9 Å². The number of amides is 1. The Morgan fingerprint density at radius 3 is 2.80 bits per heavy atom. The minimum absolute atomic E-state index is 0.0847. The van der Waals surface area contributed by atoms with Crippen molar-refractivity contribution in [1.82, 2.24) is 9.55 Å². The topological polar surface area (TPSA) is 84.2 Å². The van der Waals surface area contributed by atoms with Crippen molar-refractivity contribution in [2.75, 3.05) is 11.1 Å². The smallest absolute Gasteiger partial charge is 0.262 e. The number of hydrogen-bond acceptors (Lipinski definition) is 5. The number of nitrogens with zero attached hydrogens (tertiary/aromatic N) is 2. The molecule has 3 aromatic rings. The van der Waals surface area contributed by atoms with Crippen LogP contribution >= 0.6 is 11.8 Å². The monoisotopic (exact) mass is 355 g/mol. The highest BCUT2D eigenvalue weighted by Crippen LogP contribution is 2.19. The number of aromatic hydroxyl groups is 1. The Morgan fingerprint density at radius 1 is 1.24 bits per heavy atom. The van der Waals surface area contributed by atoms with E-state index in [0.29, 0.717) is 28.3 Å². The lowest BCUT2D eigenvalue weighted by atomic mass is 10.2. The van der Waals surface area contributed by atoms with Gasteiger partial charge in [0.2, 0.25) is 5.91 Å². The van der Waals surface area contributed by atoms with E-state index in [1.54, 1.807) is 34.9 Å². The zero-order valence-electron chi connectivity index (χ0n) is 13.6. The summed E-state index contributed by atoms with van der Waals surface area (Å²) in [4.78, 5) is 29.2. The zero-order valence-corrected chi connectivity index (χ0v) is 14.4. The van der Waals surface area contributed by atoms with Crippen molar-refractivity contribution in [2.45, 2.75) is 18.6 Å². The third kappa shape index (κ3) is 3.83. The average Bonchev–Trinajstić information content (AvgIpc) is 2.60. The summed E-state index contributed by atoms with van der Waals surface area (Å²) in [6.07, 6.45) is 0. The van der Waals surface area contributed by atoms with E-state index in [9.17, 15) is 14.7 Å². The number of nitrogens with one attached hydrogen (secondary N) is 1. The molecular weight excluding hydrogens is 338 g/mol. The van der Waals surface area contributed by atoms with Gasteiger partial charge in [0.05, 0.1) is 16.7 Å². The van der Waals surface area contributed by atoms with Crippen molar-refractivity contribution in [1.29, 1.82) is 0 Å². The minimum atomic E-state index is -0.235. The lowest BCUT2D eigenvalue weighted by Gasteiger charge is -2.11. The highest BCUT2D eigenvalue weighted by molar-refractivity contribution is 7.99. The fourth-order valence-electron chi connectivity index (χ4n) is 2.45. The van der Waals surface area contributed by atoms with Gasteiger partial charge in [-0.1, -0.05) is 30.0 Å². The maximum absolute atomic E-state index is 12.5. The molecule has 0 aliphatic heterocycles. The number of thioether (sulfide) groups is 1. The summed E-state index contributed by atoms with van der Waals surface area (Å²) in [5.41, 5.74) is 1.03. The van der Waals surface area contributed by atoms with Gasteiger partial charge >= 0.3 is 0 Å². The molecule has 2 aromatic carbocycles. The SMILES string of the molecule is CCn1c(SCC(=O)Nc2cccc(O)c2)nc2ccccc2c1=O. The second-order valence-corrected chi connectivity index (χ2v) is 6.29. The molecule has 128 valence electrons. The molecule has 0 atom stereocenters. The Kier molecular flexibility index (Phi) is 5.04. The first-order chi connectivity index (χ1) is 12.1. The van der Waals surface area contributed by atoms with Crippen molar-refractivity contribution in [2.24, 2.45) is 0 Å². The normalized spacial score (nSPS) is 10.8. The standard InChI is InChI=1S/C18H17N3O3S/c1-2-21-17(24)14-8-3-4-9-15(14)20-18(21)25-11-16(23)19-12-6-5-7-13(22)10-12/h3-10,22H,2,11H2,1H3,(H,19,23). The van der Waals surface area contributed by atoms with E-state index >= 15 is 0 Å². The Labute approximate surface area is 148 Å². The number of fused-ring (bicyclic) bond motifs is 1. The molecule has 1 aromatic heterocycles. The summed E-state index contributed by atoms with van der Waals surface area (Å²) in [5.74, 6) is -0.0393. The number of anilines is 1. The van der Waals surface area contributed by atoms with Crippen molar-refractivity contribution >= 4 is 34.3 Å². The number of benzene rings is 2. The minimum Gasteiger partial charge on any atom is -0.508 e. The summed E-state index contributed by atoms with van der Waals surface area (Å²) in [6.45, 7) is 2.35. The van der Waals surface area contributed by atoms with E-state index in [-0.39, 0.29) is 23.0 Å². The molecule has 0 saturated heterocycles. The quantitative estimate of drug-likeness (QED) is 0.543. The van der Waals surface area contributed by atoms with Crippen LogP contribution in [0.5, 0.6) is 5.75 Å². The van der Waals surface area contributed by atoms with E-state index in [0.717, 1.165) is 0 Å². The number of rotatable bonds is 5. The van der Waals surface area contributed by atoms with E-state index in [4.69, 9.17) is 0 Å². The molecule has 0 bridgehead atoms. The van der Waals surface area contributed by atoms with Gasteiger partial charge in [0.1, 0.15) is 5.75 Å². The van der Waals surface area contributed by atoms with Gasteiger partial charge in [0.15, 0.2) is 5.16 Å². The first-order valence-electron chi connectivity index (χ1n) is 7.79. The molecule has 0 aliphatic rings. The second kappa shape index (κ2) is 7.40. The maximum atomic E-state index is 12.5. The van der Waals surface area contributed by atoms with Gasteiger partial charge in [-0.2, -0.15) is 0 Å². The van der Waals surface area contributed by atoms with E-state index in [1.165, 1.54) is 23.9 Å². The number of phenolic OH excluding ortho intramolecular Hbond substituents is 1. The second-order valence-electron chi connectivity index (χ2n) is 5.35. The number of carbonyl (C=O) groups excluding carboxylic acids is 1.